The molecule has 0 saturated carbocycles. The van der Waals surface area contributed by atoms with Gasteiger partial charge in [0.25, 0.3) is 5.91 Å². The van der Waals surface area contributed by atoms with Crippen LogP contribution < -0.4 is 15.5 Å². The summed E-state index contributed by atoms with van der Waals surface area (Å²) in [6.45, 7) is 1.44. The monoisotopic (exact) mass is 330 g/mol. The van der Waals surface area contributed by atoms with Crippen molar-refractivity contribution in [3.8, 4) is 0 Å². The van der Waals surface area contributed by atoms with Gasteiger partial charge in [-0.3, -0.25) is 24.6 Å². The molecule has 0 aromatic heterocycles. The lowest BCUT2D eigenvalue weighted by Gasteiger charge is -2.16. The van der Waals surface area contributed by atoms with E-state index >= 15 is 0 Å². The first-order chi connectivity index (χ1) is 11.5. The number of imide groups is 1. The highest BCUT2D eigenvalue weighted by molar-refractivity contribution is 6.12. The number of hydrogen-bond acceptors (Lipinski definition) is 4. The van der Waals surface area contributed by atoms with Gasteiger partial charge < -0.3 is 10.2 Å². The highest BCUT2D eigenvalue weighted by Crippen LogP contribution is 2.17. The zero-order valence-corrected chi connectivity index (χ0v) is 13.1. The van der Waals surface area contributed by atoms with Crippen molar-refractivity contribution >= 4 is 29.4 Å². The molecular weight excluding hydrogens is 312 g/mol. The Labute approximate surface area is 138 Å². The zero-order chi connectivity index (χ0) is 17.1. The summed E-state index contributed by atoms with van der Waals surface area (Å²) in [5.74, 6) is -0.789. The minimum atomic E-state index is -0.478. The summed E-state index contributed by atoms with van der Waals surface area (Å²) >= 11 is 0. The zero-order valence-electron chi connectivity index (χ0n) is 13.1. The Hall–Kier alpha value is -2.90. The van der Waals surface area contributed by atoms with Gasteiger partial charge in [-0.2, -0.15) is 0 Å². The van der Waals surface area contributed by atoms with E-state index in [1.54, 1.807) is 29.2 Å². The van der Waals surface area contributed by atoms with Gasteiger partial charge in [0, 0.05) is 24.3 Å². The highest BCUT2D eigenvalue weighted by Gasteiger charge is 2.27. The predicted molar refractivity (Wildman–Crippen MR) is 85.5 cm³/mol. The molecule has 2 saturated heterocycles. The molecule has 0 spiro atoms. The molecule has 1 aromatic rings. The maximum atomic E-state index is 12.1. The third kappa shape index (κ3) is 3.37. The number of rotatable bonds is 4. The van der Waals surface area contributed by atoms with Crippen LogP contribution in [0.3, 0.4) is 0 Å². The molecular formula is C16H18N4O4. The Bertz CT molecular complexity index is 680. The number of benzene rings is 1. The first-order valence-corrected chi connectivity index (χ1v) is 7.82. The molecule has 0 unspecified atom stereocenters. The van der Waals surface area contributed by atoms with Crippen LogP contribution in [0.15, 0.2) is 24.3 Å². The van der Waals surface area contributed by atoms with Crippen LogP contribution in [0, 0.1) is 0 Å². The molecule has 5 amide bonds. The molecule has 3 rings (SSSR count). The van der Waals surface area contributed by atoms with E-state index < -0.39 is 6.03 Å². The molecule has 126 valence electrons. The van der Waals surface area contributed by atoms with E-state index in [1.807, 2.05) is 0 Å². The molecule has 8 nitrogen and oxygen atoms in total. The van der Waals surface area contributed by atoms with E-state index in [0.717, 1.165) is 25.9 Å². The van der Waals surface area contributed by atoms with Crippen LogP contribution in [0.4, 0.5) is 10.5 Å². The summed E-state index contributed by atoms with van der Waals surface area (Å²) in [6, 6.07) is 5.82. The van der Waals surface area contributed by atoms with Gasteiger partial charge in [-0.25, -0.2) is 4.79 Å². The normalized spacial score (nSPS) is 17.2. The van der Waals surface area contributed by atoms with Gasteiger partial charge in [0.1, 0.15) is 6.54 Å². The van der Waals surface area contributed by atoms with Crippen molar-refractivity contribution in [1.82, 2.24) is 15.5 Å². The molecule has 2 aliphatic rings. The van der Waals surface area contributed by atoms with Gasteiger partial charge in [0.05, 0.1) is 6.54 Å². The van der Waals surface area contributed by atoms with Crippen LogP contribution in [-0.2, 0) is 9.59 Å². The summed E-state index contributed by atoms with van der Waals surface area (Å²) in [7, 11) is 0. The number of anilines is 1. The van der Waals surface area contributed by atoms with Gasteiger partial charge in [-0.15, -0.1) is 0 Å². The molecule has 0 atom stereocenters. The average Bonchev–Trinajstić information content (AvgIpc) is 3.22. The predicted octanol–water partition coefficient (Wildman–Crippen LogP) is 0.0950. The molecule has 2 fully saturated rings. The van der Waals surface area contributed by atoms with Crippen molar-refractivity contribution in [2.45, 2.75) is 12.8 Å². The Kier molecular flexibility index (Phi) is 4.45. The number of nitrogens with one attached hydrogen (secondary N) is 2. The summed E-state index contributed by atoms with van der Waals surface area (Å²) in [4.78, 5) is 49.8. The number of urea groups is 1. The molecule has 8 heteroatoms. The first kappa shape index (κ1) is 16.0. The van der Waals surface area contributed by atoms with Crippen molar-refractivity contribution in [3.05, 3.63) is 29.8 Å². The first-order valence-electron chi connectivity index (χ1n) is 7.82. The van der Waals surface area contributed by atoms with Crippen LogP contribution in [0.5, 0.6) is 0 Å². The molecule has 0 aliphatic carbocycles. The Balaban J connectivity index is 1.56. The SMILES string of the molecule is O=C1CN(c2ccc(C(=O)NCC(=O)N3CCCC3)cc2)C(=O)N1. The van der Waals surface area contributed by atoms with E-state index in [0.29, 0.717) is 11.3 Å². The fraction of sp³-hybridized carbons (Fsp3) is 0.375. The summed E-state index contributed by atoms with van der Waals surface area (Å²) in [5, 5.41) is 4.79. The Morgan fingerprint density at radius 2 is 1.75 bits per heavy atom. The van der Waals surface area contributed by atoms with E-state index in [1.165, 1.54) is 4.90 Å². The van der Waals surface area contributed by atoms with Crippen molar-refractivity contribution in [3.63, 3.8) is 0 Å². The van der Waals surface area contributed by atoms with E-state index in [4.69, 9.17) is 0 Å². The average molecular weight is 330 g/mol. The van der Waals surface area contributed by atoms with Crippen LogP contribution in [0.2, 0.25) is 0 Å². The lowest BCUT2D eigenvalue weighted by Crippen LogP contribution is -2.38. The summed E-state index contributed by atoms with van der Waals surface area (Å²) in [6.07, 6.45) is 2.02. The smallest absolute Gasteiger partial charge is 0.329 e. The third-order valence-corrected chi connectivity index (χ3v) is 4.09. The molecule has 2 N–H and O–H groups in total. The van der Waals surface area contributed by atoms with E-state index in [-0.39, 0.29) is 30.8 Å². The van der Waals surface area contributed by atoms with Crippen LogP contribution >= 0.6 is 0 Å². The van der Waals surface area contributed by atoms with Crippen LogP contribution in [-0.4, -0.2) is 54.8 Å². The standard InChI is InChI=1S/C16H18N4O4/c21-13-10-20(16(24)18-13)12-5-3-11(4-6-12)15(23)17-9-14(22)19-7-1-2-8-19/h3-6H,1-2,7-10H2,(H,17,23)(H,18,21,24). The molecule has 1 aromatic carbocycles. The Morgan fingerprint density at radius 3 is 2.33 bits per heavy atom. The van der Waals surface area contributed by atoms with Gasteiger partial charge in [0.2, 0.25) is 11.8 Å². The molecule has 2 aliphatic heterocycles. The number of carbonyl (C=O) groups is 4. The van der Waals surface area contributed by atoms with Crippen molar-refractivity contribution in [2.24, 2.45) is 0 Å². The summed E-state index contributed by atoms with van der Waals surface area (Å²) in [5.41, 5.74) is 0.918. The quantitative estimate of drug-likeness (QED) is 0.765. The number of likely N-dealkylation sites (tertiary alicyclic amines) is 1. The molecule has 0 bridgehead atoms. The second-order valence-corrected chi connectivity index (χ2v) is 5.76. The van der Waals surface area contributed by atoms with Gasteiger partial charge in [0.15, 0.2) is 0 Å². The summed E-state index contributed by atoms with van der Waals surface area (Å²) < 4.78 is 0. The number of amides is 5. The Morgan fingerprint density at radius 1 is 1.08 bits per heavy atom. The largest absolute Gasteiger partial charge is 0.343 e. The maximum Gasteiger partial charge on any atom is 0.329 e. The highest BCUT2D eigenvalue weighted by atomic mass is 16.2. The van der Waals surface area contributed by atoms with Gasteiger partial charge in [-0.05, 0) is 37.1 Å². The van der Waals surface area contributed by atoms with Crippen molar-refractivity contribution < 1.29 is 19.2 Å². The lowest BCUT2D eigenvalue weighted by molar-refractivity contribution is -0.129. The number of hydrogen-bond donors (Lipinski definition) is 2. The van der Waals surface area contributed by atoms with Crippen molar-refractivity contribution in [2.75, 3.05) is 31.1 Å². The van der Waals surface area contributed by atoms with Crippen LogP contribution in [0.25, 0.3) is 0 Å². The van der Waals surface area contributed by atoms with Gasteiger partial charge >= 0.3 is 6.03 Å². The molecule has 2 heterocycles. The topological polar surface area (TPSA) is 98.8 Å². The van der Waals surface area contributed by atoms with E-state index in [2.05, 4.69) is 10.6 Å². The third-order valence-electron chi connectivity index (χ3n) is 4.09. The second kappa shape index (κ2) is 6.69. The number of carbonyl (C=O) groups excluding carboxylic acids is 4. The van der Waals surface area contributed by atoms with Crippen LogP contribution in [0.1, 0.15) is 23.2 Å². The fourth-order valence-electron chi connectivity index (χ4n) is 2.78. The minimum absolute atomic E-state index is 0.0242. The van der Waals surface area contributed by atoms with Gasteiger partial charge in [-0.1, -0.05) is 0 Å². The van der Waals surface area contributed by atoms with Crippen molar-refractivity contribution in [1.29, 1.82) is 0 Å². The number of nitrogens with zero attached hydrogens (tertiary/aromatic N) is 2. The lowest BCUT2D eigenvalue weighted by atomic mass is 10.2. The van der Waals surface area contributed by atoms with E-state index in [9.17, 15) is 19.2 Å². The minimum Gasteiger partial charge on any atom is -0.343 e. The second-order valence-electron chi connectivity index (χ2n) is 5.76. The fourth-order valence-corrected chi connectivity index (χ4v) is 2.78. The molecule has 24 heavy (non-hydrogen) atoms. The maximum absolute atomic E-state index is 12.1. The molecule has 0 radical (unpaired) electrons.